The molecule has 6 nitrogen and oxygen atoms in total. The molecule has 0 aliphatic carbocycles. The van der Waals surface area contributed by atoms with Crippen LogP contribution in [-0.2, 0) is 20.9 Å². The van der Waals surface area contributed by atoms with Crippen molar-refractivity contribution < 1.29 is 23.8 Å². The van der Waals surface area contributed by atoms with Gasteiger partial charge in [-0.3, -0.25) is 9.59 Å². The zero-order valence-corrected chi connectivity index (χ0v) is 16.8. The molecule has 2 aromatic carbocycles. The molecule has 0 fully saturated rings. The molecule has 2 aromatic rings. The van der Waals surface area contributed by atoms with Crippen LogP contribution in [0.15, 0.2) is 48.5 Å². The molecular weight excluding hydrogens is 358 g/mol. The van der Waals surface area contributed by atoms with Crippen molar-refractivity contribution in [3.63, 3.8) is 0 Å². The lowest BCUT2D eigenvalue weighted by Gasteiger charge is -2.27. The Labute approximate surface area is 166 Å². The highest BCUT2D eigenvalue weighted by Gasteiger charge is 2.29. The maximum Gasteiger partial charge on any atom is 0.303 e. The normalized spacial score (nSPS) is 11.4. The van der Waals surface area contributed by atoms with E-state index in [0.717, 1.165) is 12.0 Å². The first-order chi connectivity index (χ1) is 13.5. The van der Waals surface area contributed by atoms with Gasteiger partial charge in [-0.2, -0.15) is 0 Å². The molecule has 6 heteroatoms. The van der Waals surface area contributed by atoms with Gasteiger partial charge in [-0.25, -0.2) is 0 Å². The molecule has 0 N–H and O–H groups in total. The lowest BCUT2D eigenvalue weighted by molar-refractivity contribution is -0.159. The molecule has 0 spiro atoms. The van der Waals surface area contributed by atoms with Crippen LogP contribution >= 0.6 is 0 Å². The number of hydrogen-bond acceptors (Lipinski definition) is 5. The average Bonchev–Trinajstić information content (AvgIpc) is 2.71. The minimum atomic E-state index is -1.05. The topological polar surface area (TPSA) is 65.1 Å². The van der Waals surface area contributed by atoms with Crippen molar-refractivity contribution in [2.45, 2.75) is 32.9 Å². The lowest BCUT2D eigenvalue weighted by Crippen LogP contribution is -2.37. The Hall–Kier alpha value is -3.02. The molecular formula is C22H27NO5. The molecule has 28 heavy (non-hydrogen) atoms. The second-order valence-corrected chi connectivity index (χ2v) is 6.35. The number of amides is 1. The van der Waals surface area contributed by atoms with Crippen LogP contribution in [0.1, 0.15) is 37.5 Å². The summed E-state index contributed by atoms with van der Waals surface area (Å²) in [7, 11) is 3.05. The molecule has 2 rings (SSSR count). The van der Waals surface area contributed by atoms with Crippen molar-refractivity contribution in [1.82, 2.24) is 4.90 Å². The summed E-state index contributed by atoms with van der Waals surface area (Å²) >= 11 is 0. The van der Waals surface area contributed by atoms with E-state index in [1.165, 1.54) is 21.1 Å². The maximum absolute atomic E-state index is 13.3. The molecule has 0 aliphatic heterocycles. The van der Waals surface area contributed by atoms with Crippen molar-refractivity contribution in [3.05, 3.63) is 59.7 Å². The highest BCUT2D eigenvalue weighted by molar-refractivity contribution is 5.85. The molecule has 0 aromatic heterocycles. The molecule has 0 radical (unpaired) electrons. The Kier molecular flexibility index (Phi) is 7.87. The minimum Gasteiger partial charge on any atom is -0.493 e. The van der Waals surface area contributed by atoms with Gasteiger partial charge < -0.3 is 19.1 Å². The first-order valence-electron chi connectivity index (χ1n) is 9.22. The van der Waals surface area contributed by atoms with Gasteiger partial charge in [0.2, 0.25) is 6.10 Å². The molecule has 1 atom stereocenters. The standard InChI is InChI=1S/C22H27NO5/c1-5-13-23(15-17-9-7-6-8-10-17)22(25)21(28-16(2)24)18-11-12-19(26-3)20(14-18)27-4/h6-12,14,21H,5,13,15H2,1-4H3. The van der Waals surface area contributed by atoms with Crippen molar-refractivity contribution in [1.29, 1.82) is 0 Å². The molecule has 0 saturated carbocycles. The highest BCUT2D eigenvalue weighted by Crippen LogP contribution is 2.32. The van der Waals surface area contributed by atoms with E-state index in [2.05, 4.69) is 0 Å². The van der Waals surface area contributed by atoms with E-state index in [1.54, 1.807) is 23.1 Å². The fourth-order valence-corrected chi connectivity index (χ4v) is 2.95. The second-order valence-electron chi connectivity index (χ2n) is 6.35. The third-order valence-electron chi connectivity index (χ3n) is 4.24. The van der Waals surface area contributed by atoms with Gasteiger partial charge in [0, 0.05) is 25.6 Å². The van der Waals surface area contributed by atoms with Crippen LogP contribution in [0.3, 0.4) is 0 Å². The van der Waals surface area contributed by atoms with Crippen LogP contribution in [0.25, 0.3) is 0 Å². The highest BCUT2D eigenvalue weighted by atomic mass is 16.5. The molecule has 0 saturated heterocycles. The van der Waals surface area contributed by atoms with Crippen molar-refractivity contribution in [2.75, 3.05) is 20.8 Å². The Morgan fingerprint density at radius 2 is 1.68 bits per heavy atom. The van der Waals surface area contributed by atoms with E-state index in [1.807, 2.05) is 37.3 Å². The number of nitrogens with zero attached hydrogens (tertiary/aromatic N) is 1. The quantitative estimate of drug-likeness (QED) is 0.615. The van der Waals surface area contributed by atoms with Crippen LogP contribution in [-0.4, -0.2) is 37.5 Å². The molecule has 1 amide bonds. The molecule has 0 heterocycles. The van der Waals surface area contributed by atoms with Crippen LogP contribution in [0.5, 0.6) is 11.5 Å². The SMILES string of the molecule is CCCN(Cc1ccccc1)C(=O)C(OC(C)=O)c1ccc(OC)c(OC)c1. The van der Waals surface area contributed by atoms with E-state index in [0.29, 0.717) is 30.2 Å². The first kappa shape index (κ1) is 21.3. The fraction of sp³-hybridized carbons (Fsp3) is 0.364. The number of benzene rings is 2. The van der Waals surface area contributed by atoms with Crippen molar-refractivity contribution in [3.8, 4) is 11.5 Å². The van der Waals surface area contributed by atoms with Gasteiger partial charge in [-0.15, -0.1) is 0 Å². The first-order valence-corrected chi connectivity index (χ1v) is 9.22. The van der Waals surface area contributed by atoms with Gasteiger partial charge >= 0.3 is 5.97 Å². The summed E-state index contributed by atoms with van der Waals surface area (Å²) in [5.74, 6) is 0.211. The summed E-state index contributed by atoms with van der Waals surface area (Å²) in [4.78, 5) is 26.7. The zero-order chi connectivity index (χ0) is 20.5. The van der Waals surface area contributed by atoms with Crippen LogP contribution < -0.4 is 9.47 Å². The third-order valence-corrected chi connectivity index (χ3v) is 4.24. The van der Waals surface area contributed by atoms with Crippen molar-refractivity contribution in [2.24, 2.45) is 0 Å². The van der Waals surface area contributed by atoms with Gasteiger partial charge in [0.25, 0.3) is 5.91 Å². The molecule has 0 aliphatic rings. The van der Waals surface area contributed by atoms with E-state index in [-0.39, 0.29) is 5.91 Å². The average molecular weight is 385 g/mol. The Morgan fingerprint density at radius 1 is 1.00 bits per heavy atom. The van der Waals surface area contributed by atoms with E-state index in [4.69, 9.17) is 14.2 Å². The smallest absolute Gasteiger partial charge is 0.303 e. The van der Waals surface area contributed by atoms with Gasteiger partial charge in [0.15, 0.2) is 11.5 Å². The maximum atomic E-state index is 13.3. The van der Waals surface area contributed by atoms with Crippen LogP contribution in [0.4, 0.5) is 0 Å². The third kappa shape index (κ3) is 5.49. The van der Waals surface area contributed by atoms with Gasteiger partial charge in [-0.05, 0) is 24.1 Å². The molecule has 150 valence electrons. The van der Waals surface area contributed by atoms with Crippen LogP contribution in [0, 0.1) is 0 Å². The summed E-state index contributed by atoms with van der Waals surface area (Å²) in [6.45, 7) is 4.29. The number of esters is 1. The fourth-order valence-electron chi connectivity index (χ4n) is 2.95. The monoisotopic (exact) mass is 385 g/mol. The number of rotatable bonds is 9. The number of carbonyl (C=O) groups is 2. The Bertz CT molecular complexity index is 791. The van der Waals surface area contributed by atoms with Crippen LogP contribution in [0.2, 0.25) is 0 Å². The minimum absolute atomic E-state index is 0.270. The van der Waals surface area contributed by atoms with Gasteiger partial charge in [0.05, 0.1) is 14.2 Å². The number of carbonyl (C=O) groups excluding carboxylic acids is 2. The summed E-state index contributed by atoms with van der Waals surface area (Å²) in [6.07, 6.45) is -0.260. The molecule has 0 bridgehead atoms. The summed E-state index contributed by atoms with van der Waals surface area (Å²) in [5, 5.41) is 0. The number of hydrogen-bond donors (Lipinski definition) is 0. The lowest BCUT2D eigenvalue weighted by atomic mass is 10.1. The van der Waals surface area contributed by atoms with Gasteiger partial charge in [-0.1, -0.05) is 43.3 Å². The largest absolute Gasteiger partial charge is 0.493 e. The van der Waals surface area contributed by atoms with Gasteiger partial charge in [0.1, 0.15) is 0 Å². The Morgan fingerprint density at radius 3 is 2.25 bits per heavy atom. The second kappa shape index (κ2) is 10.3. The molecule has 1 unspecified atom stereocenters. The predicted octanol–water partition coefficient (Wildman–Crippen LogP) is 3.75. The summed E-state index contributed by atoms with van der Waals surface area (Å²) < 4.78 is 16.0. The zero-order valence-electron chi connectivity index (χ0n) is 16.8. The number of ether oxygens (including phenoxy) is 3. The predicted molar refractivity (Wildman–Crippen MR) is 106 cm³/mol. The summed E-state index contributed by atoms with van der Waals surface area (Å²) in [5.41, 5.74) is 1.55. The summed E-state index contributed by atoms with van der Waals surface area (Å²) in [6, 6.07) is 14.8. The Balaban J connectivity index is 2.36. The number of methoxy groups -OCH3 is 2. The van der Waals surface area contributed by atoms with E-state index in [9.17, 15) is 9.59 Å². The van der Waals surface area contributed by atoms with E-state index >= 15 is 0 Å². The van der Waals surface area contributed by atoms with E-state index < -0.39 is 12.1 Å². The van der Waals surface area contributed by atoms with Crippen molar-refractivity contribution >= 4 is 11.9 Å².